The standard InChI is InChI=1S/C45H36B3N9S/c1-45(2)34-18-3-4-21-37(34)58-44-33(17-15-19-35(44)45)36-20-16-27-43(54-36)57-47(39-23-6-11-29-50-39)55(41-25-8-13-31-52-41)46(38-22-5-10-28-49-38)56(42-26-9-14-32-53-42)48(57)40-24-7-12-30-51-40/h3-32H,1-2H3. The van der Waals surface area contributed by atoms with Crippen molar-refractivity contribution in [2.24, 2.45) is 0 Å². The Morgan fingerprint density at radius 2 is 0.879 bits per heavy atom. The summed E-state index contributed by atoms with van der Waals surface area (Å²) in [6, 6.07) is 51.8. The fourth-order valence-corrected chi connectivity index (χ4v) is 9.91. The summed E-state index contributed by atoms with van der Waals surface area (Å²) in [5.74, 6) is 2.22. The highest BCUT2D eigenvalue weighted by Gasteiger charge is 2.58. The Hall–Kier alpha value is -6.72. The highest BCUT2D eigenvalue weighted by molar-refractivity contribution is 7.99. The molecule has 0 atom stereocenters. The van der Waals surface area contributed by atoms with Crippen molar-refractivity contribution >= 4 is 66.9 Å². The molecule has 0 spiro atoms. The molecule has 2 aliphatic heterocycles. The summed E-state index contributed by atoms with van der Waals surface area (Å²) >= 11 is 1.82. The van der Waals surface area contributed by atoms with Crippen LogP contribution in [0.25, 0.3) is 11.3 Å². The number of fused-ring (bicyclic) bond motifs is 2. The van der Waals surface area contributed by atoms with E-state index in [2.05, 4.69) is 107 Å². The zero-order valence-corrected chi connectivity index (χ0v) is 32.8. The van der Waals surface area contributed by atoms with Crippen LogP contribution in [0, 0.1) is 0 Å². The van der Waals surface area contributed by atoms with Crippen LogP contribution < -0.4 is 30.9 Å². The van der Waals surface area contributed by atoms with Crippen LogP contribution in [0.5, 0.6) is 0 Å². The summed E-state index contributed by atoms with van der Waals surface area (Å²) in [6.07, 6.45) is 9.18. The molecule has 58 heavy (non-hydrogen) atoms. The minimum Gasteiger partial charge on any atom is -0.399 e. The third-order valence-corrected chi connectivity index (χ3v) is 12.2. The Balaban J connectivity index is 1.25. The van der Waals surface area contributed by atoms with E-state index in [9.17, 15) is 0 Å². The van der Waals surface area contributed by atoms with E-state index in [1.807, 2.05) is 116 Å². The summed E-state index contributed by atoms with van der Waals surface area (Å²) in [6.45, 7) is 3.04. The first-order chi connectivity index (χ1) is 28.6. The smallest absolute Gasteiger partial charge is 0.399 e. The number of hydrogen-bond acceptors (Lipinski definition) is 10. The molecule has 2 aliphatic rings. The quantitative estimate of drug-likeness (QED) is 0.167. The SMILES string of the molecule is CC1(C)c2ccccc2Sc2c(-c3cccc(N4B(c5ccccn5)N(c5ccccn5)B(c5ccccn5)N(c5ccccn5)B4c4ccccn4)n3)cccc21. The minimum absolute atomic E-state index is 0.182. The summed E-state index contributed by atoms with van der Waals surface area (Å²) in [7, 11) is 0. The van der Waals surface area contributed by atoms with Crippen LogP contribution >= 0.6 is 11.8 Å². The molecule has 2 aromatic carbocycles. The second kappa shape index (κ2) is 15.0. The van der Waals surface area contributed by atoms with Gasteiger partial charge in [-0.05, 0) is 90.0 Å². The van der Waals surface area contributed by atoms with E-state index in [1.165, 1.54) is 20.9 Å². The summed E-state index contributed by atoms with van der Waals surface area (Å²) in [4.78, 5) is 33.3. The lowest BCUT2D eigenvalue weighted by atomic mass is 9.39. The maximum Gasteiger partial charge on any atom is 0.410 e. The van der Waals surface area contributed by atoms with Gasteiger partial charge in [0.05, 0.1) is 22.5 Å². The van der Waals surface area contributed by atoms with Gasteiger partial charge in [0.15, 0.2) is 0 Å². The third-order valence-electron chi connectivity index (χ3n) is 11.0. The van der Waals surface area contributed by atoms with E-state index in [1.54, 1.807) is 0 Å². The van der Waals surface area contributed by atoms with Gasteiger partial charge in [0.25, 0.3) is 0 Å². The predicted molar refractivity (Wildman–Crippen MR) is 237 cm³/mol. The number of pyridine rings is 6. The Morgan fingerprint density at radius 3 is 1.40 bits per heavy atom. The van der Waals surface area contributed by atoms with Crippen LogP contribution in [0.4, 0.5) is 17.5 Å². The topological polar surface area (TPSA) is 87.1 Å². The molecule has 0 aliphatic carbocycles. The number of aromatic nitrogens is 6. The van der Waals surface area contributed by atoms with Crippen molar-refractivity contribution in [2.45, 2.75) is 29.1 Å². The van der Waals surface area contributed by atoms with Gasteiger partial charge in [-0.2, -0.15) is 0 Å². The molecule has 0 saturated carbocycles. The van der Waals surface area contributed by atoms with E-state index in [4.69, 9.17) is 29.9 Å². The average Bonchev–Trinajstić information content (AvgIpc) is 3.29. The Bertz CT molecular complexity index is 2590. The van der Waals surface area contributed by atoms with Gasteiger partial charge in [-0.15, -0.1) is 0 Å². The monoisotopic (exact) mass is 767 g/mol. The van der Waals surface area contributed by atoms with Gasteiger partial charge in [0.2, 0.25) is 0 Å². The average molecular weight is 767 g/mol. The second-order valence-electron chi connectivity index (χ2n) is 14.8. The van der Waals surface area contributed by atoms with Gasteiger partial charge in [0.1, 0.15) is 17.5 Å². The second-order valence-corrected chi connectivity index (χ2v) is 15.8. The first-order valence-electron chi connectivity index (χ1n) is 19.4. The fraction of sp³-hybridized carbons (Fsp3) is 0.0667. The lowest BCUT2D eigenvalue weighted by Crippen LogP contribution is -2.87. The van der Waals surface area contributed by atoms with Crippen LogP contribution in [0.3, 0.4) is 0 Å². The molecule has 8 aromatic rings. The number of anilines is 3. The normalized spacial score (nSPS) is 14.6. The first-order valence-corrected chi connectivity index (χ1v) is 20.2. The molecular weight excluding hydrogens is 731 g/mol. The van der Waals surface area contributed by atoms with Gasteiger partial charge in [0, 0.05) is 51.8 Å². The van der Waals surface area contributed by atoms with Crippen molar-refractivity contribution in [3.63, 3.8) is 0 Å². The minimum atomic E-state index is -0.539. The maximum atomic E-state index is 5.63. The highest BCUT2D eigenvalue weighted by Crippen LogP contribution is 2.52. The number of benzene rings is 2. The van der Waals surface area contributed by atoms with Crippen molar-refractivity contribution < 1.29 is 0 Å². The molecule has 6 aromatic heterocycles. The van der Waals surface area contributed by atoms with E-state index >= 15 is 0 Å². The van der Waals surface area contributed by atoms with Crippen LogP contribution in [0.1, 0.15) is 25.0 Å². The molecule has 1 fully saturated rings. The van der Waals surface area contributed by atoms with Gasteiger partial charge >= 0.3 is 20.9 Å². The van der Waals surface area contributed by atoms with Crippen molar-refractivity contribution in [3.8, 4) is 11.3 Å². The number of nitrogens with zero attached hydrogens (tertiary/aromatic N) is 9. The molecule has 0 radical (unpaired) electrons. The molecule has 0 unspecified atom stereocenters. The van der Waals surface area contributed by atoms with Crippen LogP contribution in [0.15, 0.2) is 192 Å². The van der Waals surface area contributed by atoms with Crippen molar-refractivity contribution in [2.75, 3.05) is 14.2 Å². The van der Waals surface area contributed by atoms with E-state index in [-0.39, 0.29) is 5.41 Å². The molecule has 8 heterocycles. The van der Waals surface area contributed by atoms with Crippen molar-refractivity contribution in [1.29, 1.82) is 0 Å². The van der Waals surface area contributed by atoms with Crippen LogP contribution in [-0.2, 0) is 5.41 Å². The molecule has 0 amide bonds. The predicted octanol–water partition coefficient (Wildman–Crippen LogP) is 6.53. The Kier molecular flexibility index (Phi) is 9.22. The summed E-state index contributed by atoms with van der Waals surface area (Å²) < 4.78 is 6.89. The molecular formula is C45H36B3N9S. The van der Waals surface area contributed by atoms with Crippen LogP contribution in [0.2, 0.25) is 0 Å². The van der Waals surface area contributed by atoms with Crippen LogP contribution in [-0.4, -0.2) is 50.9 Å². The molecule has 0 N–H and O–H groups in total. The third kappa shape index (κ3) is 6.19. The van der Waals surface area contributed by atoms with Gasteiger partial charge < -0.3 is 14.2 Å². The highest BCUT2D eigenvalue weighted by atomic mass is 32.2. The Labute approximate surface area is 343 Å². The van der Waals surface area contributed by atoms with Crippen molar-refractivity contribution in [3.05, 3.63) is 194 Å². The maximum absolute atomic E-state index is 5.63. The molecule has 13 heteroatoms. The lowest BCUT2D eigenvalue weighted by Gasteiger charge is -2.54. The molecule has 1 saturated heterocycles. The molecule has 9 nitrogen and oxygen atoms in total. The number of rotatable bonds is 7. The number of hydrogen-bond donors (Lipinski definition) is 0. The van der Waals surface area contributed by atoms with Gasteiger partial charge in [-0.1, -0.05) is 98.4 Å². The zero-order valence-electron chi connectivity index (χ0n) is 32.0. The molecule has 0 bridgehead atoms. The summed E-state index contributed by atoms with van der Waals surface area (Å²) in [5.41, 5.74) is 6.85. The first kappa shape index (κ1) is 35.7. The van der Waals surface area contributed by atoms with Gasteiger partial charge in [-0.3, -0.25) is 15.0 Å². The van der Waals surface area contributed by atoms with E-state index in [0.717, 1.165) is 45.5 Å². The molecule has 10 rings (SSSR count). The van der Waals surface area contributed by atoms with Crippen molar-refractivity contribution in [1.82, 2.24) is 29.9 Å². The molecule has 276 valence electrons. The van der Waals surface area contributed by atoms with E-state index in [0.29, 0.717) is 0 Å². The fourth-order valence-electron chi connectivity index (χ4n) is 8.39. The Morgan fingerprint density at radius 1 is 0.431 bits per heavy atom. The van der Waals surface area contributed by atoms with E-state index < -0.39 is 20.9 Å². The van der Waals surface area contributed by atoms with Gasteiger partial charge in [-0.25, -0.2) is 15.0 Å². The summed E-state index contributed by atoms with van der Waals surface area (Å²) in [5, 5.41) is 0. The zero-order chi connectivity index (χ0) is 39.1. The largest absolute Gasteiger partial charge is 0.410 e. The lowest BCUT2D eigenvalue weighted by molar-refractivity contribution is 0.608.